The zero-order chi connectivity index (χ0) is 29.4. The third-order valence-electron chi connectivity index (χ3n) is 6.73. The number of carbonyl (C=O) groups is 7. The molecule has 216 valence electrons. The van der Waals surface area contributed by atoms with E-state index in [1.54, 1.807) is 0 Å². The van der Waals surface area contributed by atoms with E-state index in [2.05, 4.69) is 5.32 Å². The molecule has 3 atom stereocenters. The van der Waals surface area contributed by atoms with Crippen LogP contribution in [-0.2, 0) is 33.6 Å². The molecule has 38 heavy (non-hydrogen) atoms. The maximum Gasteiger partial charge on any atom is 0.224 e. The molecule has 0 aromatic heterocycles. The molecule has 0 aromatic carbocycles. The van der Waals surface area contributed by atoms with Gasteiger partial charge in [0.25, 0.3) is 0 Å². The van der Waals surface area contributed by atoms with Crippen molar-refractivity contribution in [2.45, 2.75) is 125 Å². The van der Waals surface area contributed by atoms with Crippen LogP contribution in [0.15, 0.2) is 0 Å². The Balaban J connectivity index is 5.42. The molecule has 0 saturated heterocycles. The van der Waals surface area contributed by atoms with Crippen LogP contribution in [0.1, 0.15) is 119 Å². The molecule has 0 aromatic rings. The molecule has 1 amide bonds. The van der Waals surface area contributed by atoms with E-state index in [1.165, 1.54) is 20.8 Å². The molecule has 0 aliphatic heterocycles. The summed E-state index contributed by atoms with van der Waals surface area (Å²) in [5.74, 6) is -2.19. The standard InChI is InChI=1S/C30H49NO7/c1-19(2)16-25(23(7)34)18-29(37)27(15-13-22(6)33)31-30(38)24(14-12-21(5)32)17-26(35)10-8-9-11-28(36)20(3)4/h19-20,24-25,27H,8-18H2,1-7H3,(H,31,38)/t24-,25-,27+/m1/s1. The van der Waals surface area contributed by atoms with Gasteiger partial charge >= 0.3 is 0 Å². The summed E-state index contributed by atoms with van der Waals surface area (Å²) in [6.45, 7) is 11.9. The monoisotopic (exact) mass is 535 g/mol. The Morgan fingerprint density at radius 1 is 0.632 bits per heavy atom. The molecule has 0 bridgehead atoms. The van der Waals surface area contributed by atoms with Crippen LogP contribution in [-0.4, -0.2) is 46.6 Å². The van der Waals surface area contributed by atoms with E-state index in [4.69, 9.17) is 0 Å². The first-order valence-corrected chi connectivity index (χ1v) is 14.0. The fourth-order valence-corrected chi connectivity index (χ4v) is 4.29. The second kappa shape index (κ2) is 18.7. The predicted molar refractivity (Wildman–Crippen MR) is 146 cm³/mol. The summed E-state index contributed by atoms with van der Waals surface area (Å²) in [6.07, 6.45) is 2.76. The van der Waals surface area contributed by atoms with Crippen molar-refractivity contribution >= 4 is 40.6 Å². The maximum absolute atomic E-state index is 13.2. The zero-order valence-corrected chi connectivity index (χ0v) is 24.5. The normalized spacial score (nSPS) is 13.6. The lowest BCUT2D eigenvalue weighted by Crippen LogP contribution is -2.45. The fourth-order valence-electron chi connectivity index (χ4n) is 4.29. The van der Waals surface area contributed by atoms with Crippen LogP contribution in [0.5, 0.6) is 0 Å². The van der Waals surface area contributed by atoms with Crippen molar-refractivity contribution in [1.29, 1.82) is 0 Å². The van der Waals surface area contributed by atoms with Crippen LogP contribution in [0, 0.1) is 23.7 Å². The molecule has 0 rings (SSSR count). The average Bonchev–Trinajstić information content (AvgIpc) is 2.80. The van der Waals surface area contributed by atoms with Crippen LogP contribution in [0.25, 0.3) is 0 Å². The van der Waals surface area contributed by atoms with E-state index >= 15 is 0 Å². The predicted octanol–water partition coefficient (Wildman–Crippen LogP) is 4.78. The molecule has 0 fully saturated rings. The van der Waals surface area contributed by atoms with E-state index in [1.807, 2.05) is 27.7 Å². The first kappa shape index (κ1) is 35.5. The minimum atomic E-state index is -0.947. The highest BCUT2D eigenvalue weighted by Crippen LogP contribution is 2.20. The first-order chi connectivity index (χ1) is 17.6. The van der Waals surface area contributed by atoms with Crippen molar-refractivity contribution in [1.82, 2.24) is 5.32 Å². The van der Waals surface area contributed by atoms with Crippen molar-refractivity contribution in [3.63, 3.8) is 0 Å². The van der Waals surface area contributed by atoms with Gasteiger partial charge in [-0.2, -0.15) is 0 Å². The molecule has 8 heteroatoms. The molecule has 0 aliphatic carbocycles. The van der Waals surface area contributed by atoms with Crippen molar-refractivity contribution in [3.8, 4) is 0 Å². The van der Waals surface area contributed by atoms with Gasteiger partial charge in [-0.15, -0.1) is 0 Å². The molecular formula is C30H49NO7. The quantitative estimate of drug-likeness (QED) is 0.197. The first-order valence-electron chi connectivity index (χ1n) is 14.0. The van der Waals surface area contributed by atoms with Gasteiger partial charge in [-0.25, -0.2) is 0 Å². The molecule has 0 heterocycles. The van der Waals surface area contributed by atoms with Crippen molar-refractivity contribution in [2.75, 3.05) is 0 Å². The topological polar surface area (TPSA) is 132 Å². The number of nitrogens with one attached hydrogen (secondary N) is 1. The summed E-state index contributed by atoms with van der Waals surface area (Å²) >= 11 is 0. The van der Waals surface area contributed by atoms with Crippen LogP contribution in [0.3, 0.4) is 0 Å². The van der Waals surface area contributed by atoms with Crippen molar-refractivity contribution in [2.24, 2.45) is 23.7 Å². The highest BCUT2D eigenvalue weighted by molar-refractivity contribution is 5.94. The summed E-state index contributed by atoms with van der Waals surface area (Å²) in [4.78, 5) is 86.1. The Kier molecular flexibility index (Phi) is 17.5. The number of hydrogen-bond acceptors (Lipinski definition) is 7. The Morgan fingerprint density at radius 2 is 1.18 bits per heavy atom. The van der Waals surface area contributed by atoms with Crippen LogP contribution >= 0.6 is 0 Å². The van der Waals surface area contributed by atoms with Crippen LogP contribution in [0.4, 0.5) is 0 Å². The molecule has 0 aliphatic rings. The molecular weight excluding hydrogens is 486 g/mol. The molecule has 0 spiro atoms. The van der Waals surface area contributed by atoms with Gasteiger partial charge in [-0.1, -0.05) is 27.7 Å². The molecule has 0 radical (unpaired) electrons. The molecule has 0 unspecified atom stereocenters. The SMILES string of the molecule is CC(=O)CC[C@H](CC(=O)CCCCC(=O)C(C)C)C(=O)N[C@@H](CCC(C)=O)C(=O)C[C@@H](CC(C)C)C(C)=O. The van der Waals surface area contributed by atoms with E-state index in [0.717, 1.165) is 0 Å². The molecule has 8 nitrogen and oxygen atoms in total. The smallest absolute Gasteiger partial charge is 0.224 e. The number of rotatable bonds is 22. The second-order valence-electron chi connectivity index (χ2n) is 11.4. The number of ketones is 6. The lowest BCUT2D eigenvalue weighted by atomic mass is 9.86. The van der Waals surface area contributed by atoms with Gasteiger partial charge in [0.15, 0.2) is 5.78 Å². The third kappa shape index (κ3) is 16.4. The van der Waals surface area contributed by atoms with Gasteiger partial charge in [0.05, 0.1) is 6.04 Å². The van der Waals surface area contributed by atoms with Crippen molar-refractivity contribution < 1.29 is 33.6 Å². The number of hydrogen-bond donors (Lipinski definition) is 1. The summed E-state index contributed by atoms with van der Waals surface area (Å²) in [6, 6.07) is -0.947. The highest BCUT2D eigenvalue weighted by Gasteiger charge is 2.30. The lowest BCUT2D eigenvalue weighted by Gasteiger charge is -2.23. The van der Waals surface area contributed by atoms with E-state index in [0.29, 0.717) is 25.7 Å². The number of Topliss-reactive ketones (excluding diaryl/α,β-unsaturated/α-hetero) is 6. The number of carbonyl (C=O) groups excluding carboxylic acids is 7. The minimum Gasteiger partial charge on any atom is -0.346 e. The Bertz CT molecular complexity index is 844. The molecule has 1 N–H and O–H groups in total. The van der Waals surface area contributed by atoms with Gasteiger partial charge in [-0.05, 0) is 58.8 Å². The van der Waals surface area contributed by atoms with Crippen LogP contribution < -0.4 is 5.32 Å². The summed E-state index contributed by atoms with van der Waals surface area (Å²) in [5, 5.41) is 2.73. The Hall–Kier alpha value is -2.51. The van der Waals surface area contributed by atoms with Gasteiger partial charge in [0.1, 0.15) is 28.9 Å². The van der Waals surface area contributed by atoms with Gasteiger partial charge < -0.3 is 14.9 Å². The molecule has 0 saturated carbocycles. The van der Waals surface area contributed by atoms with Gasteiger partial charge in [-0.3, -0.25) is 24.0 Å². The summed E-state index contributed by atoms with van der Waals surface area (Å²) in [7, 11) is 0. The maximum atomic E-state index is 13.2. The van der Waals surface area contributed by atoms with Crippen molar-refractivity contribution in [3.05, 3.63) is 0 Å². The van der Waals surface area contributed by atoms with E-state index in [9.17, 15) is 33.6 Å². The summed E-state index contributed by atoms with van der Waals surface area (Å²) in [5.41, 5.74) is 0. The highest BCUT2D eigenvalue weighted by atomic mass is 16.2. The van der Waals surface area contributed by atoms with Gasteiger partial charge in [0.2, 0.25) is 5.91 Å². The number of amides is 1. The Morgan fingerprint density at radius 3 is 1.68 bits per heavy atom. The zero-order valence-electron chi connectivity index (χ0n) is 24.5. The second-order valence-corrected chi connectivity index (χ2v) is 11.4. The number of unbranched alkanes of at least 4 members (excludes halogenated alkanes) is 1. The largest absolute Gasteiger partial charge is 0.346 e. The van der Waals surface area contributed by atoms with Crippen LogP contribution in [0.2, 0.25) is 0 Å². The Labute approximate surface area is 228 Å². The van der Waals surface area contributed by atoms with E-state index in [-0.39, 0.29) is 91.5 Å². The van der Waals surface area contributed by atoms with Gasteiger partial charge in [0, 0.05) is 56.3 Å². The fraction of sp³-hybridized carbons (Fsp3) is 0.767. The third-order valence-corrected chi connectivity index (χ3v) is 6.73. The average molecular weight is 536 g/mol. The minimum absolute atomic E-state index is 0.0253. The van der Waals surface area contributed by atoms with E-state index < -0.39 is 23.8 Å². The lowest BCUT2D eigenvalue weighted by molar-refractivity contribution is -0.134. The summed E-state index contributed by atoms with van der Waals surface area (Å²) < 4.78 is 0.